The minimum atomic E-state index is 0.535. The van der Waals surface area contributed by atoms with Gasteiger partial charge in [-0.1, -0.05) is 0 Å². The summed E-state index contributed by atoms with van der Waals surface area (Å²) in [7, 11) is 1.66. The number of methoxy groups -OCH3 is 1. The molecule has 0 fully saturated rings. The van der Waals surface area contributed by atoms with E-state index < -0.39 is 0 Å². The number of ether oxygens (including phenoxy) is 1. The molecule has 0 heterocycles. The van der Waals surface area contributed by atoms with E-state index in [1.807, 2.05) is 18.2 Å². The largest absolute Gasteiger partial charge is 0.497 e. The molecule has 3 heteroatoms. The lowest BCUT2D eigenvalue weighted by molar-refractivity contribution is 0.414. The summed E-state index contributed by atoms with van der Waals surface area (Å²) in [6.07, 6.45) is 0. The van der Waals surface area contributed by atoms with Crippen LogP contribution in [0.4, 0.5) is 0 Å². The lowest BCUT2D eigenvalue weighted by atomic mass is 10.2. The van der Waals surface area contributed by atoms with Crippen molar-refractivity contribution in [3.8, 4) is 5.75 Å². The Kier molecular flexibility index (Phi) is 3.45. The molecule has 1 aromatic carbocycles. The summed E-state index contributed by atoms with van der Waals surface area (Å²) in [5.41, 5.74) is 1.09. The average molecular weight is 283 g/mol. The second-order valence-electron chi connectivity index (χ2n) is 2.13. The highest BCUT2D eigenvalue weighted by atomic mass is 127. The molecule has 0 saturated carbocycles. The monoisotopic (exact) mass is 282 g/mol. The Bertz CT molecular complexity index is 228. The van der Waals surface area contributed by atoms with Gasteiger partial charge >= 0.3 is 0 Å². The number of benzene rings is 1. The number of halogens is 2. The molecule has 0 amide bonds. The van der Waals surface area contributed by atoms with Gasteiger partial charge in [0.15, 0.2) is 0 Å². The first kappa shape index (κ1) is 9.13. The van der Waals surface area contributed by atoms with Crippen LogP contribution >= 0.6 is 34.2 Å². The molecule has 60 valence electrons. The molecule has 1 aromatic rings. The zero-order valence-corrected chi connectivity index (χ0v) is 9.02. The Morgan fingerprint density at radius 1 is 1.45 bits per heavy atom. The molecule has 0 bridgehead atoms. The van der Waals surface area contributed by atoms with Crippen LogP contribution in [0.25, 0.3) is 0 Å². The van der Waals surface area contributed by atoms with Gasteiger partial charge in [-0.25, -0.2) is 0 Å². The minimum absolute atomic E-state index is 0.535. The molecule has 0 N–H and O–H groups in total. The topological polar surface area (TPSA) is 9.23 Å². The molecular formula is C8H8ClIO. The van der Waals surface area contributed by atoms with Crippen molar-refractivity contribution >= 4 is 34.2 Å². The molecular weight excluding hydrogens is 274 g/mol. The molecule has 0 saturated heterocycles. The molecule has 0 aliphatic heterocycles. The molecule has 0 unspecified atom stereocenters. The highest BCUT2D eigenvalue weighted by Gasteiger charge is 1.97. The summed E-state index contributed by atoms with van der Waals surface area (Å²) in [6, 6.07) is 5.95. The van der Waals surface area contributed by atoms with Crippen LogP contribution in [0.5, 0.6) is 5.75 Å². The fraction of sp³-hybridized carbons (Fsp3) is 0.250. The van der Waals surface area contributed by atoms with E-state index in [-0.39, 0.29) is 0 Å². The molecule has 0 aromatic heterocycles. The van der Waals surface area contributed by atoms with E-state index in [1.54, 1.807) is 7.11 Å². The molecule has 1 rings (SSSR count). The maximum Gasteiger partial charge on any atom is 0.120 e. The standard InChI is InChI=1S/C8H8ClIO/c1-11-8-3-6(5-9)2-7(10)4-8/h2-4H,5H2,1H3. The van der Waals surface area contributed by atoms with Gasteiger partial charge in [-0.15, -0.1) is 11.6 Å². The van der Waals surface area contributed by atoms with Crippen LogP contribution < -0.4 is 4.74 Å². The lowest BCUT2D eigenvalue weighted by Crippen LogP contribution is -1.86. The van der Waals surface area contributed by atoms with Gasteiger partial charge in [-0.2, -0.15) is 0 Å². The molecule has 0 spiro atoms. The van der Waals surface area contributed by atoms with Gasteiger partial charge in [0, 0.05) is 9.45 Å². The summed E-state index contributed by atoms with van der Waals surface area (Å²) >= 11 is 7.91. The summed E-state index contributed by atoms with van der Waals surface area (Å²) in [5.74, 6) is 1.40. The third kappa shape index (κ3) is 2.52. The van der Waals surface area contributed by atoms with E-state index in [2.05, 4.69) is 22.6 Å². The Labute approximate surface area is 84.8 Å². The first-order valence-corrected chi connectivity index (χ1v) is 4.77. The van der Waals surface area contributed by atoms with Crippen molar-refractivity contribution in [1.29, 1.82) is 0 Å². The Morgan fingerprint density at radius 3 is 2.73 bits per heavy atom. The zero-order valence-electron chi connectivity index (χ0n) is 6.10. The van der Waals surface area contributed by atoms with Crippen LogP contribution in [0.2, 0.25) is 0 Å². The van der Waals surface area contributed by atoms with Crippen LogP contribution in [-0.4, -0.2) is 7.11 Å². The molecule has 0 atom stereocenters. The van der Waals surface area contributed by atoms with Crippen LogP contribution in [-0.2, 0) is 5.88 Å². The van der Waals surface area contributed by atoms with E-state index in [9.17, 15) is 0 Å². The smallest absolute Gasteiger partial charge is 0.120 e. The highest BCUT2D eigenvalue weighted by Crippen LogP contribution is 2.19. The minimum Gasteiger partial charge on any atom is -0.497 e. The zero-order chi connectivity index (χ0) is 8.27. The third-order valence-electron chi connectivity index (χ3n) is 1.32. The Balaban J connectivity index is 3.02. The van der Waals surface area contributed by atoms with Gasteiger partial charge in [0.25, 0.3) is 0 Å². The quantitative estimate of drug-likeness (QED) is 0.598. The van der Waals surface area contributed by atoms with E-state index >= 15 is 0 Å². The highest BCUT2D eigenvalue weighted by molar-refractivity contribution is 14.1. The van der Waals surface area contributed by atoms with Crippen LogP contribution in [0, 0.1) is 3.57 Å². The van der Waals surface area contributed by atoms with Gasteiger partial charge < -0.3 is 4.74 Å². The maximum absolute atomic E-state index is 5.67. The van der Waals surface area contributed by atoms with Gasteiger partial charge in [-0.3, -0.25) is 0 Å². The number of hydrogen-bond acceptors (Lipinski definition) is 1. The third-order valence-corrected chi connectivity index (χ3v) is 2.25. The molecule has 11 heavy (non-hydrogen) atoms. The fourth-order valence-corrected chi connectivity index (χ4v) is 1.68. The number of alkyl halides is 1. The van der Waals surface area contributed by atoms with E-state index in [1.165, 1.54) is 0 Å². The van der Waals surface area contributed by atoms with Crippen molar-refractivity contribution in [2.45, 2.75) is 5.88 Å². The first-order valence-electron chi connectivity index (χ1n) is 3.15. The van der Waals surface area contributed by atoms with Crippen molar-refractivity contribution in [3.63, 3.8) is 0 Å². The van der Waals surface area contributed by atoms with Crippen molar-refractivity contribution < 1.29 is 4.74 Å². The number of rotatable bonds is 2. The van der Waals surface area contributed by atoms with Crippen molar-refractivity contribution in [2.75, 3.05) is 7.11 Å². The predicted octanol–water partition coefficient (Wildman–Crippen LogP) is 3.04. The van der Waals surface area contributed by atoms with Crippen LogP contribution in [0.15, 0.2) is 18.2 Å². The fourth-order valence-electron chi connectivity index (χ4n) is 0.816. The first-order chi connectivity index (χ1) is 5.26. The molecule has 0 aliphatic rings. The van der Waals surface area contributed by atoms with Crippen LogP contribution in [0.3, 0.4) is 0 Å². The summed E-state index contributed by atoms with van der Waals surface area (Å²) in [5, 5.41) is 0. The maximum atomic E-state index is 5.67. The van der Waals surface area contributed by atoms with E-state index in [0.717, 1.165) is 14.9 Å². The molecule has 1 nitrogen and oxygen atoms in total. The predicted molar refractivity (Wildman–Crippen MR) is 55.3 cm³/mol. The lowest BCUT2D eigenvalue weighted by Gasteiger charge is -2.02. The Morgan fingerprint density at radius 2 is 2.18 bits per heavy atom. The Hall–Kier alpha value is 0.0400. The number of hydrogen-bond donors (Lipinski definition) is 0. The SMILES string of the molecule is COc1cc(I)cc(CCl)c1. The average Bonchev–Trinajstić information content (AvgIpc) is 2.03. The second kappa shape index (κ2) is 4.16. The van der Waals surface area contributed by atoms with Crippen molar-refractivity contribution in [3.05, 3.63) is 27.3 Å². The summed E-state index contributed by atoms with van der Waals surface area (Å²) < 4.78 is 6.22. The summed E-state index contributed by atoms with van der Waals surface area (Å²) in [6.45, 7) is 0. The van der Waals surface area contributed by atoms with E-state index in [4.69, 9.17) is 16.3 Å². The summed E-state index contributed by atoms with van der Waals surface area (Å²) in [4.78, 5) is 0. The van der Waals surface area contributed by atoms with Gasteiger partial charge in [0.1, 0.15) is 5.75 Å². The molecule has 0 aliphatic carbocycles. The van der Waals surface area contributed by atoms with Crippen LogP contribution in [0.1, 0.15) is 5.56 Å². The normalized spacial score (nSPS) is 9.73. The van der Waals surface area contributed by atoms with Gasteiger partial charge in [0.2, 0.25) is 0 Å². The van der Waals surface area contributed by atoms with Gasteiger partial charge in [-0.05, 0) is 46.4 Å². The van der Waals surface area contributed by atoms with Gasteiger partial charge in [0.05, 0.1) is 7.11 Å². The second-order valence-corrected chi connectivity index (χ2v) is 3.65. The van der Waals surface area contributed by atoms with E-state index in [0.29, 0.717) is 5.88 Å². The van der Waals surface area contributed by atoms with Crippen molar-refractivity contribution in [2.24, 2.45) is 0 Å². The van der Waals surface area contributed by atoms with Crippen molar-refractivity contribution in [1.82, 2.24) is 0 Å². The molecule has 0 radical (unpaired) electrons.